The van der Waals surface area contributed by atoms with E-state index in [4.69, 9.17) is 17.3 Å². The fourth-order valence-electron chi connectivity index (χ4n) is 2.06. The number of nitrogens with one attached hydrogen (secondary N) is 1. The third-order valence-electron chi connectivity index (χ3n) is 3.45. The van der Waals surface area contributed by atoms with Crippen LogP contribution in [0, 0.1) is 5.92 Å². The first kappa shape index (κ1) is 12.2. The lowest BCUT2D eigenvalue weighted by atomic mass is 9.80. The Kier molecular flexibility index (Phi) is 3.57. The minimum absolute atomic E-state index is 0.116. The number of carbonyl (C=O) groups is 1. The predicted octanol–water partition coefficient (Wildman–Crippen LogP) is 2.84. The van der Waals surface area contributed by atoms with Gasteiger partial charge in [0.1, 0.15) is 0 Å². The summed E-state index contributed by atoms with van der Waals surface area (Å²) in [5, 5.41) is 3.40. The van der Waals surface area contributed by atoms with Crippen molar-refractivity contribution < 1.29 is 4.79 Å². The highest BCUT2D eigenvalue weighted by Gasteiger charge is 2.25. The lowest BCUT2D eigenvalue weighted by Crippen LogP contribution is -2.40. The number of nitrogens with two attached hydrogens (primary N) is 1. The minimum atomic E-state index is -0.116. The molecule has 3 N–H and O–H groups in total. The van der Waals surface area contributed by atoms with Crippen LogP contribution in [-0.2, 0) is 0 Å². The summed E-state index contributed by atoms with van der Waals surface area (Å²) in [6.45, 7) is 2.05. The van der Waals surface area contributed by atoms with Gasteiger partial charge in [-0.3, -0.25) is 4.79 Å². The van der Waals surface area contributed by atoms with Crippen molar-refractivity contribution in [1.29, 1.82) is 0 Å². The first-order chi connectivity index (χ1) is 8.08. The van der Waals surface area contributed by atoms with Gasteiger partial charge in [0.05, 0.1) is 10.6 Å². The van der Waals surface area contributed by atoms with Crippen LogP contribution in [0.4, 0.5) is 5.69 Å². The highest BCUT2D eigenvalue weighted by atomic mass is 35.5. The third-order valence-corrected chi connectivity index (χ3v) is 3.77. The van der Waals surface area contributed by atoms with Crippen LogP contribution in [0.2, 0.25) is 5.02 Å². The molecule has 1 fully saturated rings. The highest BCUT2D eigenvalue weighted by molar-refractivity contribution is 6.34. The average Bonchev–Trinajstić information content (AvgIpc) is 2.13. The fraction of sp³-hybridized carbons (Fsp3) is 0.462. The molecule has 1 aliphatic rings. The van der Waals surface area contributed by atoms with Gasteiger partial charge in [-0.2, -0.15) is 0 Å². The number of benzene rings is 1. The SMILES string of the molecule is CC(NC(=O)c1ccc(N)cc1Cl)C1CCC1. The summed E-state index contributed by atoms with van der Waals surface area (Å²) < 4.78 is 0. The molecule has 1 aromatic carbocycles. The Morgan fingerprint density at radius 3 is 2.76 bits per heavy atom. The average molecular weight is 253 g/mol. The zero-order chi connectivity index (χ0) is 12.4. The van der Waals surface area contributed by atoms with Crippen molar-refractivity contribution in [2.24, 2.45) is 5.92 Å². The quantitative estimate of drug-likeness (QED) is 0.813. The highest BCUT2D eigenvalue weighted by Crippen LogP contribution is 2.29. The normalized spacial score (nSPS) is 17.3. The molecule has 0 heterocycles. The van der Waals surface area contributed by atoms with Crippen LogP contribution < -0.4 is 11.1 Å². The summed E-state index contributed by atoms with van der Waals surface area (Å²) in [4.78, 5) is 12.0. The Morgan fingerprint density at radius 1 is 1.53 bits per heavy atom. The topological polar surface area (TPSA) is 55.1 Å². The summed E-state index contributed by atoms with van der Waals surface area (Å²) in [6, 6.07) is 5.17. The summed E-state index contributed by atoms with van der Waals surface area (Å²) in [6.07, 6.45) is 3.68. The van der Waals surface area contributed by atoms with Crippen LogP contribution in [0.25, 0.3) is 0 Å². The van der Waals surface area contributed by atoms with Gasteiger partial charge in [-0.15, -0.1) is 0 Å². The van der Waals surface area contributed by atoms with Gasteiger partial charge in [0, 0.05) is 11.7 Å². The maximum Gasteiger partial charge on any atom is 0.253 e. The molecule has 4 heteroatoms. The van der Waals surface area contributed by atoms with Crippen molar-refractivity contribution in [3.05, 3.63) is 28.8 Å². The molecule has 2 rings (SSSR count). The number of halogens is 1. The van der Waals surface area contributed by atoms with E-state index in [1.165, 1.54) is 19.3 Å². The molecule has 17 heavy (non-hydrogen) atoms. The van der Waals surface area contributed by atoms with Crippen LogP contribution in [0.15, 0.2) is 18.2 Å². The van der Waals surface area contributed by atoms with Crippen LogP contribution in [0.3, 0.4) is 0 Å². The van der Waals surface area contributed by atoms with Gasteiger partial charge in [-0.05, 0) is 43.9 Å². The van der Waals surface area contributed by atoms with Crippen molar-refractivity contribution in [2.75, 3.05) is 5.73 Å². The number of hydrogen-bond acceptors (Lipinski definition) is 2. The van der Waals surface area contributed by atoms with Crippen molar-refractivity contribution in [2.45, 2.75) is 32.2 Å². The van der Waals surface area contributed by atoms with Crippen LogP contribution in [0.5, 0.6) is 0 Å². The summed E-state index contributed by atoms with van der Waals surface area (Å²) in [5.41, 5.74) is 6.65. The maximum atomic E-state index is 12.0. The summed E-state index contributed by atoms with van der Waals surface area (Å²) >= 11 is 5.99. The number of hydrogen-bond donors (Lipinski definition) is 2. The van der Waals surface area contributed by atoms with Gasteiger partial charge in [-0.1, -0.05) is 18.0 Å². The van der Waals surface area contributed by atoms with E-state index in [9.17, 15) is 4.79 Å². The van der Waals surface area contributed by atoms with Crippen LogP contribution >= 0.6 is 11.6 Å². The Bertz CT molecular complexity index is 429. The lowest BCUT2D eigenvalue weighted by molar-refractivity contribution is 0.0909. The molecule has 0 radical (unpaired) electrons. The number of nitrogen functional groups attached to an aromatic ring is 1. The maximum absolute atomic E-state index is 12.0. The molecular weight excluding hydrogens is 236 g/mol. The molecule has 0 bridgehead atoms. The Labute approximate surface area is 106 Å². The standard InChI is InChI=1S/C13H17ClN2O/c1-8(9-3-2-4-9)16-13(17)11-6-5-10(15)7-12(11)14/h5-9H,2-4,15H2,1H3,(H,16,17). The molecule has 0 aliphatic heterocycles. The van der Waals surface area contributed by atoms with E-state index in [0.29, 0.717) is 22.2 Å². The van der Waals surface area contributed by atoms with Crippen molar-refractivity contribution in [3.63, 3.8) is 0 Å². The Morgan fingerprint density at radius 2 is 2.24 bits per heavy atom. The predicted molar refractivity (Wildman–Crippen MR) is 70.1 cm³/mol. The molecule has 1 atom stereocenters. The number of carbonyl (C=O) groups excluding carboxylic acids is 1. The van der Waals surface area contributed by atoms with E-state index in [2.05, 4.69) is 5.32 Å². The van der Waals surface area contributed by atoms with Gasteiger partial charge in [0.25, 0.3) is 5.91 Å². The van der Waals surface area contributed by atoms with Gasteiger partial charge in [0.15, 0.2) is 0 Å². The van der Waals surface area contributed by atoms with Gasteiger partial charge in [0.2, 0.25) is 0 Å². The van der Waals surface area contributed by atoms with Crippen molar-refractivity contribution in [1.82, 2.24) is 5.32 Å². The molecule has 3 nitrogen and oxygen atoms in total. The monoisotopic (exact) mass is 252 g/mol. The molecule has 0 aromatic heterocycles. The molecule has 1 aromatic rings. The summed E-state index contributed by atoms with van der Waals surface area (Å²) in [5.74, 6) is 0.501. The fourth-order valence-corrected chi connectivity index (χ4v) is 2.33. The molecule has 0 saturated heterocycles. The molecule has 1 aliphatic carbocycles. The molecule has 1 unspecified atom stereocenters. The van der Waals surface area contributed by atoms with Gasteiger partial charge >= 0.3 is 0 Å². The second kappa shape index (κ2) is 4.96. The third kappa shape index (κ3) is 2.72. The Balaban J connectivity index is 2.03. The van der Waals surface area contributed by atoms with E-state index in [0.717, 1.165) is 0 Å². The van der Waals surface area contributed by atoms with E-state index >= 15 is 0 Å². The first-order valence-corrected chi connectivity index (χ1v) is 6.31. The Hall–Kier alpha value is -1.22. The van der Waals surface area contributed by atoms with E-state index in [1.54, 1.807) is 18.2 Å². The van der Waals surface area contributed by atoms with Crippen molar-refractivity contribution >= 4 is 23.2 Å². The first-order valence-electron chi connectivity index (χ1n) is 5.94. The number of rotatable bonds is 3. The molecular formula is C13H17ClN2O. The second-order valence-corrected chi connectivity index (χ2v) is 5.10. The smallest absolute Gasteiger partial charge is 0.253 e. The number of amides is 1. The summed E-state index contributed by atoms with van der Waals surface area (Å²) in [7, 11) is 0. The molecule has 0 spiro atoms. The molecule has 92 valence electrons. The molecule has 1 amide bonds. The van der Waals surface area contributed by atoms with Gasteiger partial charge in [-0.25, -0.2) is 0 Å². The van der Waals surface area contributed by atoms with Crippen LogP contribution in [-0.4, -0.2) is 11.9 Å². The lowest BCUT2D eigenvalue weighted by Gasteiger charge is -2.31. The van der Waals surface area contributed by atoms with Crippen LogP contribution in [0.1, 0.15) is 36.5 Å². The minimum Gasteiger partial charge on any atom is -0.399 e. The zero-order valence-electron chi connectivity index (χ0n) is 9.87. The van der Waals surface area contributed by atoms with Crippen molar-refractivity contribution in [3.8, 4) is 0 Å². The van der Waals surface area contributed by atoms with E-state index < -0.39 is 0 Å². The van der Waals surface area contributed by atoms with Gasteiger partial charge < -0.3 is 11.1 Å². The zero-order valence-corrected chi connectivity index (χ0v) is 10.6. The van der Waals surface area contributed by atoms with E-state index in [1.807, 2.05) is 6.92 Å². The second-order valence-electron chi connectivity index (χ2n) is 4.69. The molecule has 1 saturated carbocycles. The largest absolute Gasteiger partial charge is 0.399 e. The van der Waals surface area contributed by atoms with E-state index in [-0.39, 0.29) is 11.9 Å². The number of anilines is 1.